The average molecular weight is 1090 g/mol. The van der Waals surface area contributed by atoms with Gasteiger partial charge in [0.25, 0.3) is 10.1 Å². The predicted molar refractivity (Wildman–Crippen MR) is 274 cm³/mol. The lowest BCUT2D eigenvalue weighted by Gasteiger charge is -2.25. The molecule has 0 fully saturated rings. The number of rotatable bonds is 20. The Balaban J connectivity index is 0.00000193. The first-order valence-corrected chi connectivity index (χ1v) is 26.5. The molecule has 7 rings (SSSR count). The third-order valence-electron chi connectivity index (χ3n) is 9.75. The van der Waals surface area contributed by atoms with Crippen molar-refractivity contribution in [2.45, 2.75) is 37.7 Å². The van der Waals surface area contributed by atoms with Crippen LogP contribution in [0.5, 0.6) is 11.5 Å². The van der Waals surface area contributed by atoms with Gasteiger partial charge in [-0.15, -0.1) is 33.1 Å². The van der Waals surface area contributed by atoms with Crippen LogP contribution >= 0.6 is 57.6 Å². The van der Waals surface area contributed by atoms with E-state index >= 15 is 0 Å². The van der Waals surface area contributed by atoms with Gasteiger partial charge in [0, 0.05) is 54.1 Å². The fourth-order valence-electron chi connectivity index (χ4n) is 6.66. The highest BCUT2D eigenvalue weighted by atomic mass is 35.5. The number of thioether (sulfide) groups is 1. The molecule has 0 bridgehead atoms. The number of anilines is 6. The van der Waals surface area contributed by atoms with Crippen molar-refractivity contribution in [3.05, 3.63) is 64.6 Å². The Labute approximate surface area is 425 Å². The number of ether oxygens (including phenoxy) is 2. The first-order chi connectivity index (χ1) is 33.5. The predicted octanol–water partition coefficient (Wildman–Crippen LogP) is 10.8. The monoisotopic (exact) mass is 1090 g/mol. The summed E-state index contributed by atoms with van der Waals surface area (Å²) in [4.78, 5) is 26.9. The second kappa shape index (κ2) is 24.3. The van der Waals surface area contributed by atoms with E-state index in [1.54, 1.807) is 32.4 Å². The normalized spacial score (nSPS) is 11.6. The van der Waals surface area contributed by atoms with Crippen LogP contribution < -0.4 is 29.9 Å². The molecule has 70 heavy (non-hydrogen) atoms. The maximum Gasteiger partial charge on any atom is 0.425 e. The lowest BCUT2D eigenvalue weighted by atomic mass is 10.2. The number of aromatic nitrogens is 5. The van der Waals surface area contributed by atoms with Crippen LogP contribution in [0.2, 0.25) is 10.0 Å². The summed E-state index contributed by atoms with van der Waals surface area (Å²) in [6.07, 6.45) is 0. The summed E-state index contributed by atoms with van der Waals surface area (Å²) in [7, 11) is -4.62. The number of thiazole rings is 2. The van der Waals surface area contributed by atoms with Gasteiger partial charge in [0.1, 0.15) is 33.3 Å². The summed E-state index contributed by atoms with van der Waals surface area (Å²) < 4.78 is 72.5. The molecule has 22 nitrogen and oxygen atoms in total. The molecule has 3 heterocycles. The van der Waals surface area contributed by atoms with Crippen LogP contribution in [0.1, 0.15) is 27.7 Å². The number of hydrogen-bond acceptors (Lipinski definition) is 24. The van der Waals surface area contributed by atoms with Crippen LogP contribution in [0.4, 0.5) is 56.3 Å². The quantitative estimate of drug-likeness (QED) is 0.0313. The third kappa shape index (κ3) is 13.5. The molecule has 370 valence electrons. The highest BCUT2D eigenvalue weighted by Gasteiger charge is 2.22. The molecule has 0 saturated carbocycles. The molecule has 0 aliphatic rings. The molecule has 4 N–H and O–H groups in total. The molecular formula is C41H43Cl2N13O9S5. The number of azo groups is 2. The van der Waals surface area contributed by atoms with E-state index in [-0.39, 0.29) is 39.9 Å². The van der Waals surface area contributed by atoms with E-state index in [4.69, 9.17) is 60.3 Å². The van der Waals surface area contributed by atoms with Crippen LogP contribution in [-0.2, 0) is 20.7 Å². The van der Waals surface area contributed by atoms with Crippen molar-refractivity contribution < 1.29 is 40.2 Å². The smallest absolute Gasteiger partial charge is 0.425 e. The van der Waals surface area contributed by atoms with Crippen molar-refractivity contribution in [3.63, 3.8) is 0 Å². The zero-order valence-electron chi connectivity index (χ0n) is 37.9. The van der Waals surface area contributed by atoms with Crippen LogP contribution in [-0.4, -0.2) is 108 Å². The van der Waals surface area contributed by atoms with Crippen molar-refractivity contribution in [1.29, 1.82) is 0 Å². The molecule has 0 spiro atoms. The summed E-state index contributed by atoms with van der Waals surface area (Å²) in [5.74, 6) is 1.62. The largest absolute Gasteiger partial charge is 0.494 e. The minimum absolute atomic E-state index is 0.000368. The zero-order chi connectivity index (χ0) is 50.7. The number of aliphatic hydroxyl groups is 1. The number of fused-ring (bicyclic) bond motifs is 2. The fraction of sp³-hybridized carbons (Fsp3) is 0.293. The zero-order valence-corrected chi connectivity index (χ0v) is 43.5. The first kappa shape index (κ1) is 53.4. The van der Waals surface area contributed by atoms with Gasteiger partial charge in [0.15, 0.2) is 5.16 Å². The molecule has 0 amide bonds. The Morgan fingerprint density at radius 2 is 1.20 bits per heavy atom. The maximum atomic E-state index is 12.2. The first-order valence-electron chi connectivity index (χ1n) is 20.7. The summed E-state index contributed by atoms with van der Waals surface area (Å²) in [6, 6.07) is 15.3. The van der Waals surface area contributed by atoms with Gasteiger partial charge in [-0.05, 0) is 70.2 Å². The summed E-state index contributed by atoms with van der Waals surface area (Å²) in [5, 5.41) is 36.0. The Bertz CT molecular complexity index is 3300. The number of methoxy groups -OCH3 is 2. The number of aliphatic hydroxyl groups excluding tert-OH is 1. The van der Waals surface area contributed by atoms with Gasteiger partial charge >= 0.3 is 10.6 Å². The van der Waals surface area contributed by atoms with E-state index in [0.717, 1.165) is 39.0 Å². The van der Waals surface area contributed by atoms with Crippen molar-refractivity contribution in [3.8, 4) is 11.5 Å². The lowest BCUT2D eigenvalue weighted by molar-refractivity contribution is 0.322. The molecule has 0 saturated heterocycles. The third-order valence-corrected chi connectivity index (χ3v) is 13.7. The summed E-state index contributed by atoms with van der Waals surface area (Å²) in [6.45, 7) is 10.7. The standard InChI is InChI=1S/C41H43Cl2N13O6S4.O3S/c1-7-55(8-2)29-18-25(27(20-31(29)61-5)51-53-40-46-24-12-11-22(42)15-33(24)64-40)44-37-48-38(50-39(49-37)63-14-13-57)45-26-19-30(56(9-3)10-4)32(62-6)21-28(26)52-54-41-47-36-34(65-41)16-23(43)17-35(36)66(58,59)60;1-4(2)3/h11-12,15-21,57H,7-10,13-14H2,1-6H3,(H,58,59,60)(H2,44,45,48,49,50);. The number of halogens is 2. The molecule has 0 unspecified atom stereocenters. The second-order valence-corrected chi connectivity index (χ2v) is 19.7. The highest BCUT2D eigenvalue weighted by Crippen LogP contribution is 2.44. The minimum atomic E-state index is -4.65. The second-order valence-electron chi connectivity index (χ2n) is 13.9. The molecular weight excluding hydrogens is 1050 g/mol. The van der Waals surface area contributed by atoms with Crippen molar-refractivity contribution in [1.82, 2.24) is 24.9 Å². The fourth-order valence-corrected chi connectivity index (χ4v) is 10.2. The Morgan fingerprint density at radius 1 is 0.700 bits per heavy atom. The van der Waals surface area contributed by atoms with Gasteiger partial charge in [-0.25, -0.2) is 9.97 Å². The van der Waals surface area contributed by atoms with Crippen molar-refractivity contribution >= 4 is 155 Å². The highest BCUT2D eigenvalue weighted by molar-refractivity contribution is 7.99. The van der Waals surface area contributed by atoms with E-state index in [0.29, 0.717) is 80.5 Å². The molecule has 3 aromatic heterocycles. The van der Waals surface area contributed by atoms with E-state index in [1.807, 2.05) is 52.0 Å². The molecule has 7 aromatic rings. The van der Waals surface area contributed by atoms with Crippen LogP contribution in [0.15, 0.2) is 85.1 Å². The van der Waals surface area contributed by atoms with Crippen LogP contribution in [0.25, 0.3) is 20.4 Å². The number of nitrogens with zero attached hydrogens (tertiary/aromatic N) is 11. The van der Waals surface area contributed by atoms with Crippen LogP contribution in [0, 0.1) is 0 Å². The van der Waals surface area contributed by atoms with Crippen molar-refractivity contribution in [2.75, 3.05) is 73.2 Å². The summed E-state index contributed by atoms with van der Waals surface area (Å²) in [5.41, 5.74) is 3.88. The van der Waals surface area contributed by atoms with Gasteiger partial charge in [-0.2, -0.15) is 23.4 Å². The van der Waals surface area contributed by atoms with Gasteiger partial charge < -0.3 is 35.0 Å². The van der Waals surface area contributed by atoms with E-state index in [9.17, 15) is 18.1 Å². The Morgan fingerprint density at radius 3 is 1.69 bits per heavy atom. The molecule has 0 atom stereocenters. The molecule has 0 radical (unpaired) electrons. The number of hydrogen-bond donors (Lipinski definition) is 4. The molecule has 0 aliphatic heterocycles. The molecule has 4 aromatic carbocycles. The van der Waals surface area contributed by atoms with E-state index in [1.165, 1.54) is 29.2 Å². The topological polar surface area (TPSA) is 289 Å². The summed E-state index contributed by atoms with van der Waals surface area (Å²) >= 11 is 16.0. The molecule has 29 heteroatoms. The Kier molecular flexibility index (Phi) is 18.5. The molecule has 0 aliphatic carbocycles. The van der Waals surface area contributed by atoms with E-state index in [2.05, 4.69) is 50.9 Å². The Hall–Kier alpha value is -5.91. The maximum absolute atomic E-state index is 12.2. The lowest BCUT2D eigenvalue weighted by Crippen LogP contribution is -2.22. The van der Waals surface area contributed by atoms with Crippen LogP contribution in [0.3, 0.4) is 0 Å². The minimum Gasteiger partial charge on any atom is -0.494 e. The van der Waals surface area contributed by atoms with Crippen molar-refractivity contribution in [2.24, 2.45) is 20.5 Å². The van der Waals surface area contributed by atoms with E-state index < -0.39 is 25.6 Å². The van der Waals surface area contributed by atoms with Gasteiger partial charge in [0.2, 0.25) is 22.2 Å². The van der Waals surface area contributed by atoms with Gasteiger partial charge in [-0.3, -0.25) is 4.55 Å². The van der Waals surface area contributed by atoms with Gasteiger partial charge in [0.05, 0.1) is 58.5 Å². The number of nitrogens with one attached hydrogen (secondary N) is 2. The SMILES string of the molecule is CCN(CC)c1cc(Nc2nc(Nc3cc(N(CC)CC)c(OC)cc3N=Nc3nc4c(S(=O)(=O)O)cc(Cl)cc4s3)nc(SCCO)n2)c(N=Nc2nc3ccc(Cl)cc3s2)cc1OC.O=S(=O)=O. The average Bonchev–Trinajstić information content (AvgIpc) is 3.93. The number of benzene rings is 4. The van der Waals surface area contributed by atoms with Gasteiger partial charge in [-0.1, -0.05) is 57.6 Å².